The van der Waals surface area contributed by atoms with Crippen molar-refractivity contribution in [2.45, 2.75) is 45.8 Å². The molecule has 0 saturated heterocycles. The zero-order chi connectivity index (χ0) is 14.3. The van der Waals surface area contributed by atoms with Crippen molar-refractivity contribution in [3.05, 3.63) is 12.0 Å². The van der Waals surface area contributed by atoms with E-state index in [0.29, 0.717) is 18.7 Å². The highest BCUT2D eigenvalue weighted by Crippen LogP contribution is 2.50. The number of ether oxygens (including phenoxy) is 1. The fraction of sp³-hybridized carbons (Fsp3) is 0.692. The van der Waals surface area contributed by atoms with Gasteiger partial charge in [-0.15, -0.1) is 0 Å². The topological polar surface area (TPSA) is 90.4 Å². The van der Waals surface area contributed by atoms with E-state index in [-0.39, 0.29) is 18.0 Å². The highest BCUT2D eigenvalue weighted by Gasteiger charge is 2.63. The van der Waals surface area contributed by atoms with E-state index in [4.69, 9.17) is 14.9 Å². The smallest absolute Gasteiger partial charge is 0.301 e. The Morgan fingerprint density at radius 1 is 1.68 bits per heavy atom. The molecule has 0 aromatic carbocycles. The molecule has 2 rings (SSSR count). The van der Waals surface area contributed by atoms with Crippen LogP contribution in [0.15, 0.2) is 10.7 Å². The molecular weight excluding hydrogens is 246 g/mol. The summed E-state index contributed by atoms with van der Waals surface area (Å²) in [5.74, 6) is -0.282. The van der Waals surface area contributed by atoms with Gasteiger partial charge in [-0.3, -0.25) is 10.1 Å². The lowest BCUT2D eigenvalue weighted by Gasteiger charge is -2.57. The van der Waals surface area contributed by atoms with Crippen LogP contribution in [-0.2, 0) is 9.53 Å². The number of nitrogens with two attached hydrogens (primary N) is 1. The van der Waals surface area contributed by atoms with Crippen LogP contribution in [0.2, 0.25) is 0 Å². The van der Waals surface area contributed by atoms with Gasteiger partial charge in [0, 0.05) is 18.4 Å². The van der Waals surface area contributed by atoms with E-state index in [2.05, 4.69) is 10.3 Å². The van der Waals surface area contributed by atoms with Gasteiger partial charge in [0.05, 0.1) is 11.8 Å². The molecule has 6 heteroatoms. The molecule has 0 spiro atoms. The molecule has 0 aliphatic heterocycles. The molecule has 106 valence electrons. The fourth-order valence-electron chi connectivity index (χ4n) is 2.44. The first-order chi connectivity index (χ1) is 8.81. The van der Waals surface area contributed by atoms with Gasteiger partial charge in [-0.1, -0.05) is 13.8 Å². The zero-order valence-corrected chi connectivity index (χ0v) is 11.8. The first kappa shape index (κ1) is 14.0. The Balaban J connectivity index is 2.07. The summed E-state index contributed by atoms with van der Waals surface area (Å²) in [4.78, 5) is 16.3. The van der Waals surface area contributed by atoms with Gasteiger partial charge in [-0.2, -0.15) is 4.98 Å². The number of aromatic nitrogens is 1. The fourth-order valence-corrected chi connectivity index (χ4v) is 2.44. The van der Waals surface area contributed by atoms with Crippen LogP contribution in [0, 0.1) is 12.3 Å². The number of carbonyl (C=O) groups is 1. The number of carbonyl (C=O) groups excluding carboxylic acids is 1. The van der Waals surface area contributed by atoms with E-state index in [1.165, 1.54) is 6.26 Å². The maximum Gasteiger partial charge on any atom is 0.301 e. The summed E-state index contributed by atoms with van der Waals surface area (Å²) in [5.41, 5.74) is 5.56. The van der Waals surface area contributed by atoms with Crippen molar-refractivity contribution in [2.75, 3.05) is 11.9 Å². The molecule has 6 nitrogen and oxygen atoms in total. The number of nitrogens with zero attached hydrogens (tertiary/aromatic N) is 1. The maximum atomic E-state index is 12.3. The molecule has 1 heterocycles. The monoisotopic (exact) mass is 267 g/mol. The molecule has 1 saturated carbocycles. The number of aryl methyl sites for hydroxylation is 1. The molecule has 2 atom stereocenters. The standard InChI is InChI=1S/C13H21N3O3/c1-5-18-9-6-13(14,12(9,3)4)10(17)16-11-15-8(2)7-19-11/h7,9H,5-6,14H2,1-4H3,(H,15,16,17). The maximum absolute atomic E-state index is 12.3. The first-order valence-corrected chi connectivity index (χ1v) is 6.45. The molecule has 0 bridgehead atoms. The Hall–Kier alpha value is -1.40. The van der Waals surface area contributed by atoms with E-state index in [0.717, 1.165) is 0 Å². The molecular formula is C13H21N3O3. The average molecular weight is 267 g/mol. The van der Waals surface area contributed by atoms with Crippen LogP contribution in [0.1, 0.15) is 32.9 Å². The summed E-state index contributed by atoms with van der Waals surface area (Å²) in [7, 11) is 0. The SMILES string of the molecule is CCOC1CC(N)(C(=O)Nc2nc(C)co2)C1(C)C. The normalized spacial score (nSPS) is 28.8. The van der Waals surface area contributed by atoms with Crippen molar-refractivity contribution in [1.29, 1.82) is 0 Å². The number of rotatable bonds is 4. The second kappa shape index (κ2) is 4.61. The van der Waals surface area contributed by atoms with E-state index in [1.54, 1.807) is 6.92 Å². The van der Waals surface area contributed by atoms with Crippen LogP contribution in [0.25, 0.3) is 0 Å². The Labute approximate surface area is 112 Å². The van der Waals surface area contributed by atoms with Gasteiger partial charge >= 0.3 is 6.01 Å². The molecule has 2 unspecified atom stereocenters. The minimum atomic E-state index is -0.963. The van der Waals surface area contributed by atoms with Gasteiger partial charge in [0.25, 0.3) is 0 Å². The van der Waals surface area contributed by atoms with Gasteiger partial charge in [-0.25, -0.2) is 0 Å². The van der Waals surface area contributed by atoms with Gasteiger partial charge in [-0.05, 0) is 13.8 Å². The van der Waals surface area contributed by atoms with Crippen molar-refractivity contribution < 1.29 is 13.9 Å². The van der Waals surface area contributed by atoms with Crippen molar-refractivity contribution >= 4 is 11.9 Å². The molecule has 1 aliphatic carbocycles. The highest BCUT2D eigenvalue weighted by atomic mass is 16.5. The van der Waals surface area contributed by atoms with Crippen molar-refractivity contribution in [1.82, 2.24) is 4.98 Å². The zero-order valence-electron chi connectivity index (χ0n) is 11.8. The molecule has 1 aliphatic rings. The predicted octanol–water partition coefficient (Wildman–Crippen LogP) is 1.45. The Morgan fingerprint density at radius 3 is 2.84 bits per heavy atom. The molecule has 0 radical (unpaired) electrons. The molecule has 1 fully saturated rings. The van der Waals surface area contributed by atoms with E-state index in [9.17, 15) is 4.79 Å². The highest BCUT2D eigenvalue weighted by molar-refractivity contribution is 5.98. The number of nitrogens with one attached hydrogen (secondary N) is 1. The second-order valence-corrected chi connectivity index (χ2v) is 5.59. The van der Waals surface area contributed by atoms with Crippen LogP contribution in [0.5, 0.6) is 0 Å². The van der Waals surface area contributed by atoms with Crippen LogP contribution in [0.3, 0.4) is 0 Å². The molecule has 19 heavy (non-hydrogen) atoms. The number of amides is 1. The average Bonchev–Trinajstić information content (AvgIpc) is 2.74. The minimum absolute atomic E-state index is 0.000420. The van der Waals surface area contributed by atoms with Gasteiger partial charge in [0.15, 0.2) is 0 Å². The van der Waals surface area contributed by atoms with Crippen LogP contribution in [0.4, 0.5) is 6.01 Å². The predicted molar refractivity (Wildman–Crippen MR) is 70.6 cm³/mol. The molecule has 3 N–H and O–H groups in total. The molecule has 1 aromatic heterocycles. The Kier molecular flexibility index (Phi) is 3.40. The van der Waals surface area contributed by atoms with Crippen LogP contribution >= 0.6 is 0 Å². The number of hydrogen-bond donors (Lipinski definition) is 2. The summed E-state index contributed by atoms with van der Waals surface area (Å²) >= 11 is 0. The lowest BCUT2D eigenvalue weighted by atomic mass is 9.54. The summed E-state index contributed by atoms with van der Waals surface area (Å²) < 4.78 is 10.7. The third kappa shape index (κ3) is 2.15. The van der Waals surface area contributed by atoms with E-state index in [1.807, 2.05) is 20.8 Å². The Bertz CT molecular complexity index is 483. The lowest BCUT2D eigenvalue weighted by Crippen LogP contribution is -2.74. The summed E-state index contributed by atoms with van der Waals surface area (Å²) in [6.45, 7) is 8.22. The van der Waals surface area contributed by atoms with Crippen molar-refractivity contribution in [3.63, 3.8) is 0 Å². The van der Waals surface area contributed by atoms with E-state index < -0.39 is 11.0 Å². The third-order valence-corrected chi connectivity index (χ3v) is 4.07. The largest absolute Gasteiger partial charge is 0.432 e. The molecule has 1 amide bonds. The van der Waals surface area contributed by atoms with Gasteiger partial charge in [0.2, 0.25) is 5.91 Å². The summed E-state index contributed by atoms with van der Waals surface area (Å²) in [6, 6.07) is 0.183. The third-order valence-electron chi connectivity index (χ3n) is 4.07. The minimum Gasteiger partial charge on any atom is -0.432 e. The van der Waals surface area contributed by atoms with Crippen molar-refractivity contribution in [3.8, 4) is 0 Å². The van der Waals surface area contributed by atoms with Crippen molar-refractivity contribution in [2.24, 2.45) is 11.1 Å². The number of hydrogen-bond acceptors (Lipinski definition) is 5. The number of anilines is 1. The lowest BCUT2D eigenvalue weighted by molar-refractivity contribution is -0.166. The van der Waals surface area contributed by atoms with Gasteiger partial charge < -0.3 is 14.9 Å². The molecule has 1 aromatic rings. The quantitative estimate of drug-likeness (QED) is 0.861. The number of oxazole rings is 1. The van der Waals surface area contributed by atoms with Crippen LogP contribution in [-0.4, -0.2) is 29.1 Å². The van der Waals surface area contributed by atoms with Gasteiger partial charge in [0.1, 0.15) is 11.8 Å². The Morgan fingerprint density at radius 2 is 2.37 bits per heavy atom. The summed E-state index contributed by atoms with van der Waals surface area (Å²) in [5, 5.41) is 2.63. The van der Waals surface area contributed by atoms with E-state index >= 15 is 0 Å². The second-order valence-electron chi connectivity index (χ2n) is 5.59. The van der Waals surface area contributed by atoms with Crippen LogP contribution < -0.4 is 11.1 Å². The first-order valence-electron chi connectivity index (χ1n) is 6.45. The summed E-state index contributed by atoms with van der Waals surface area (Å²) in [6.07, 6.45) is 1.98.